The van der Waals surface area contributed by atoms with Crippen LogP contribution in [0.25, 0.3) is 0 Å². The van der Waals surface area contributed by atoms with Gasteiger partial charge in [0.2, 0.25) is 5.91 Å². The minimum atomic E-state index is -0.276. The predicted octanol–water partition coefficient (Wildman–Crippen LogP) is 2.37. The molecule has 6 heteroatoms. The van der Waals surface area contributed by atoms with Gasteiger partial charge in [-0.1, -0.05) is 0 Å². The first kappa shape index (κ1) is 16.5. The van der Waals surface area contributed by atoms with Crippen molar-refractivity contribution in [2.45, 2.75) is 32.2 Å². The number of thiophene rings is 1. The maximum absolute atomic E-state index is 12.6. The molecule has 3 heterocycles. The average molecular weight is 336 g/mol. The summed E-state index contributed by atoms with van der Waals surface area (Å²) in [5.41, 5.74) is 0. The number of piperidine rings is 1. The van der Waals surface area contributed by atoms with E-state index in [-0.39, 0.29) is 11.9 Å². The summed E-state index contributed by atoms with van der Waals surface area (Å²) in [6.45, 7) is 4.53. The highest BCUT2D eigenvalue weighted by molar-refractivity contribution is 7.13. The van der Waals surface area contributed by atoms with E-state index < -0.39 is 0 Å². The molecule has 0 bridgehead atoms. The van der Waals surface area contributed by atoms with Crippen LogP contribution in [0.3, 0.4) is 0 Å². The number of carbonyl (C=O) groups is 2. The molecule has 2 fully saturated rings. The van der Waals surface area contributed by atoms with Gasteiger partial charge in [-0.05, 0) is 44.4 Å². The number of esters is 1. The van der Waals surface area contributed by atoms with Crippen LogP contribution in [-0.2, 0) is 16.1 Å². The molecule has 2 aliphatic rings. The van der Waals surface area contributed by atoms with Crippen LogP contribution in [0.15, 0.2) is 12.1 Å². The van der Waals surface area contributed by atoms with E-state index in [1.54, 1.807) is 0 Å². The van der Waals surface area contributed by atoms with Crippen molar-refractivity contribution in [3.8, 4) is 0 Å². The molecule has 3 rings (SSSR count). The Hall–Kier alpha value is -1.40. The predicted molar refractivity (Wildman–Crippen MR) is 89.5 cm³/mol. The lowest BCUT2D eigenvalue weighted by molar-refractivity contribution is -0.136. The van der Waals surface area contributed by atoms with Crippen LogP contribution in [0.5, 0.6) is 0 Å². The molecule has 0 aromatic carbocycles. The number of nitrogens with zero attached hydrogens (tertiary/aromatic N) is 2. The van der Waals surface area contributed by atoms with Crippen molar-refractivity contribution in [2.75, 3.05) is 33.3 Å². The monoisotopic (exact) mass is 336 g/mol. The van der Waals surface area contributed by atoms with Crippen molar-refractivity contribution in [3.63, 3.8) is 0 Å². The number of hydrogen-bond acceptors (Lipinski definition) is 5. The first-order chi connectivity index (χ1) is 11.2. The quantitative estimate of drug-likeness (QED) is 0.792. The average Bonchev–Trinajstić information content (AvgIpc) is 3.25. The second kappa shape index (κ2) is 7.45. The Kier molecular flexibility index (Phi) is 5.33. The van der Waals surface area contributed by atoms with Gasteiger partial charge in [-0.15, -0.1) is 11.3 Å². The molecule has 0 saturated carbocycles. The molecule has 0 unspecified atom stereocenters. The molecule has 1 atom stereocenters. The molecular weight excluding hydrogens is 312 g/mol. The van der Waals surface area contributed by atoms with E-state index in [0.717, 1.165) is 63.3 Å². The molecule has 126 valence electrons. The SMILES string of the molecule is COC(=O)c1ccc(CN2CCC[C@@H](C(=O)N3CCCC3)C2)s1. The van der Waals surface area contributed by atoms with E-state index in [0.29, 0.717) is 10.8 Å². The van der Waals surface area contributed by atoms with Crippen LogP contribution in [0.2, 0.25) is 0 Å². The number of ether oxygens (including phenoxy) is 1. The molecule has 2 saturated heterocycles. The summed E-state index contributed by atoms with van der Waals surface area (Å²) in [6, 6.07) is 3.81. The second-order valence-corrected chi connectivity index (χ2v) is 7.53. The first-order valence-corrected chi connectivity index (χ1v) is 9.17. The number of amides is 1. The van der Waals surface area contributed by atoms with Crippen LogP contribution in [0.4, 0.5) is 0 Å². The van der Waals surface area contributed by atoms with Gasteiger partial charge < -0.3 is 9.64 Å². The summed E-state index contributed by atoms with van der Waals surface area (Å²) in [7, 11) is 1.40. The van der Waals surface area contributed by atoms with Gasteiger partial charge in [0.05, 0.1) is 13.0 Å². The largest absolute Gasteiger partial charge is 0.465 e. The van der Waals surface area contributed by atoms with Crippen LogP contribution in [-0.4, -0.2) is 55.0 Å². The lowest BCUT2D eigenvalue weighted by Gasteiger charge is -2.33. The van der Waals surface area contributed by atoms with Gasteiger partial charge >= 0.3 is 5.97 Å². The Morgan fingerprint density at radius 2 is 2.00 bits per heavy atom. The number of carbonyl (C=O) groups excluding carboxylic acids is 2. The van der Waals surface area contributed by atoms with E-state index in [1.165, 1.54) is 18.4 Å². The molecule has 1 amide bonds. The van der Waals surface area contributed by atoms with Gasteiger partial charge in [-0.2, -0.15) is 0 Å². The second-order valence-electron chi connectivity index (χ2n) is 6.36. The fraction of sp³-hybridized carbons (Fsp3) is 0.647. The Bertz CT molecular complexity index is 566. The van der Waals surface area contributed by atoms with Crippen LogP contribution >= 0.6 is 11.3 Å². The molecule has 2 aliphatic heterocycles. The van der Waals surface area contributed by atoms with Crippen molar-refractivity contribution in [2.24, 2.45) is 5.92 Å². The molecule has 1 aromatic rings. The van der Waals surface area contributed by atoms with Crippen LogP contribution in [0.1, 0.15) is 40.2 Å². The normalized spacial score (nSPS) is 22.3. The Morgan fingerprint density at radius 1 is 1.22 bits per heavy atom. The van der Waals surface area contributed by atoms with Crippen LogP contribution < -0.4 is 0 Å². The zero-order chi connectivity index (χ0) is 16.2. The summed E-state index contributed by atoms with van der Waals surface area (Å²) < 4.78 is 4.75. The Balaban J connectivity index is 1.57. The molecule has 5 nitrogen and oxygen atoms in total. The third-order valence-corrected chi connectivity index (χ3v) is 5.75. The van der Waals surface area contributed by atoms with Gasteiger partial charge in [0.25, 0.3) is 0 Å². The van der Waals surface area contributed by atoms with Crippen molar-refractivity contribution in [3.05, 3.63) is 21.9 Å². The molecular formula is C17H24N2O3S. The maximum atomic E-state index is 12.6. The smallest absolute Gasteiger partial charge is 0.348 e. The minimum absolute atomic E-state index is 0.141. The zero-order valence-corrected chi connectivity index (χ0v) is 14.4. The van der Waals surface area contributed by atoms with E-state index in [9.17, 15) is 9.59 Å². The van der Waals surface area contributed by atoms with Gasteiger partial charge in [-0.25, -0.2) is 4.79 Å². The van der Waals surface area contributed by atoms with Crippen molar-refractivity contribution < 1.29 is 14.3 Å². The number of methoxy groups -OCH3 is 1. The maximum Gasteiger partial charge on any atom is 0.348 e. The fourth-order valence-corrected chi connectivity index (χ4v) is 4.46. The third kappa shape index (κ3) is 3.93. The molecule has 0 N–H and O–H groups in total. The van der Waals surface area contributed by atoms with Crippen molar-refractivity contribution in [1.29, 1.82) is 0 Å². The third-order valence-electron chi connectivity index (χ3n) is 4.70. The summed E-state index contributed by atoms with van der Waals surface area (Å²) in [6.07, 6.45) is 4.37. The minimum Gasteiger partial charge on any atom is -0.465 e. The molecule has 23 heavy (non-hydrogen) atoms. The van der Waals surface area contributed by atoms with Crippen LogP contribution in [0, 0.1) is 5.92 Å². The van der Waals surface area contributed by atoms with Gasteiger partial charge in [0, 0.05) is 31.1 Å². The molecule has 0 spiro atoms. The lowest BCUT2D eigenvalue weighted by atomic mass is 9.96. The summed E-state index contributed by atoms with van der Waals surface area (Å²) in [4.78, 5) is 30.3. The van der Waals surface area contributed by atoms with E-state index in [4.69, 9.17) is 4.74 Å². The highest BCUT2D eigenvalue weighted by atomic mass is 32.1. The van der Waals surface area contributed by atoms with Gasteiger partial charge in [-0.3, -0.25) is 9.69 Å². The summed E-state index contributed by atoms with van der Waals surface area (Å²) >= 11 is 1.48. The van der Waals surface area contributed by atoms with E-state index in [2.05, 4.69) is 4.90 Å². The van der Waals surface area contributed by atoms with E-state index >= 15 is 0 Å². The Morgan fingerprint density at radius 3 is 2.74 bits per heavy atom. The summed E-state index contributed by atoms with van der Waals surface area (Å²) in [5, 5.41) is 0. The molecule has 0 aliphatic carbocycles. The molecule has 0 radical (unpaired) electrons. The highest BCUT2D eigenvalue weighted by Gasteiger charge is 2.30. The van der Waals surface area contributed by atoms with Crippen molar-refractivity contribution in [1.82, 2.24) is 9.80 Å². The first-order valence-electron chi connectivity index (χ1n) is 8.35. The zero-order valence-electron chi connectivity index (χ0n) is 13.6. The van der Waals surface area contributed by atoms with Crippen molar-refractivity contribution >= 4 is 23.2 Å². The standard InChI is InChI=1S/C17H24N2O3S/c1-22-17(21)15-7-6-14(23-15)12-18-8-4-5-13(11-18)16(20)19-9-2-3-10-19/h6-7,13H,2-5,8-12H2,1H3/t13-/m1/s1. The number of hydrogen-bond donors (Lipinski definition) is 0. The topological polar surface area (TPSA) is 49.9 Å². The number of likely N-dealkylation sites (tertiary alicyclic amines) is 2. The highest BCUT2D eigenvalue weighted by Crippen LogP contribution is 2.25. The fourth-order valence-electron chi connectivity index (χ4n) is 3.49. The Labute approximate surface area is 141 Å². The lowest BCUT2D eigenvalue weighted by Crippen LogP contribution is -2.43. The van der Waals surface area contributed by atoms with Gasteiger partial charge in [0.15, 0.2) is 0 Å². The van der Waals surface area contributed by atoms with E-state index in [1.807, 2.05) is 17.0 Å². The summed E-state index contributed by atoms with van der Waals surface area (Å²) in [5.74, 6) is 0.206. The molecule has 1 aromatic heterocycles. The number of rotatable bonds is 4. The van der Waals surface area contributed by atoms with Gasteiger partial charge in [0.1, 0.15) is 4.88 Å².